The van der Waals surface area contributed by atoms with Gasteiger partial charge in [0, 0.05) is 22.7 Å². The van der Waals surface area contributed by atoms with Crippen molar-refractivity contribution in [3.8, 4) is 5.88 Å². The molecule has 2 N–H and O–H groups in total. The highest BCUT2D eigenvalue weighted by atomic mass is 16.5. The first-order valence-corrected chi connectivity index (χ1v) is 8.26. The zero-order valence-corrected chi connectivity index (χ0v) is 14.9. The Kier molecular flexibility index (Phi) is 5.46. The fraction of sp³-hybridized carbons (Fsp3) is 0.158. The van der Waals surface area contributed by atoms with Gasteiger partial charge in [0.15, 0.2) is 5.65 Å². The van der Waals surface area contributed by atoms with Gasteiger partial charge in [-0.25, -0.2) is 9.78 Å². The van der Waals surface area contributed by atoms with Crippen molar-refractivity contribution in [1.29, 1.82) is 0 Å². The van der Waals surface area contributed by atoms with Gasteiger partial charge in [-0.3, -0.25) is 10.1 Å². The molecular formula is C19H18N4O4. The molecule has 2 heterocycles. The third kappa shape index (κ3) is 4.49. The molecule has 0 bridgehead atoms. The largest absolute Gasteiger partial charge is 0.481 e. The van der Waals surface area contributed by atoms with E-state index >= 15 is 0 Å². The van der Waals surface area contributed by atoms with Crippen molar-refractivity contribution >= 4 is 34.5 Å². The van der Waals surface area contributed by atoms with Crippen molar-refractivity contribution in [3.05, 3.63) is 54.1 Å². The average Bonchev–Trinajstić information content (AvgIpc) is 2.68. The fourth-order valence-electron chi connectivity index (χ4n) is 2.34. The van der Waals surface area contributed by atoms with Crippen molar-refractivity contribution in [2.45, 2.75) is 6.92 Å². The number of nitrogens with one attached hydrogen (secondary N) is 2. The summed E-state index contributed by atoms with van der Waals surface area (Å²) in [6.07, 6.45) is -0.544. The number of carbonyl (C=O) groups excluding carboxylic acids is 2. The summed E-state index contributed by atoms with van der Waals surface area (Å²) in [7, 11) is 1.53. The molecule has 0 unspecified atom stereocenters. The Hall–Kier alpha value is -3.68. The molecule has 8 nitrogen and oxygen atoms in total. The predicted molar refractivity (Wildman–Crippen MR) is 101 cm³/mol. The monoisotopic (exact) mass is 366 g/mol. The van der Waals surface area contributed by atoms with Crippen molar-refractivity contribution in [1.82, 2.24) is 9.97 Å². The van der Waals surface area contributed by atoms with E-state index in [0.29, 0.717) is 28.6 Å². The standard InChI is InChI=1S/C19H18N4O4/c1-3-27-19(25)20-14-8-4-13(5-9-14)18(24)22-15-10-6-12-7-11-16(26-2)23-17(12)21-15/h4-11H,3H2,1-2H3,(H,20,25)(H,21,22,23,24). The number of nitrogens with zero attached hydrogens (tertiary/aromatic N) is 2. The maximum atomic E-state index is 12.4. The Labute approximate surface area is 155 Å². The molecule has 8 heteroatoms. The maximum absolute atomic E-state index is 12.4. The number of fused-ring (bicyclic) bond motifs is 1. The molecule has 138 valence electrons. The Morgan fingerprint density at radius 3 is 2.41 bits per heavy atom. The molecule has 3 rings (SSSR count). The van der Waals surface area contributed by atoms with Gasteiger partial charge in [-0.1, -0.05) is 0 Å². The zero-order valence-electron chi connectivity index (χ0n) is 14.9. The smallest absolute Gasteiger partial charge is 0.411 e. The van der Waals surface area contributed by atoms with Crippen LogP contribution in [0.1, 0.15) is 17.3 Å². The zero-order chi connectivity index (χ0) is 19.2. The lowest BCUT2D eigenvalue weighted by molar-refractivity contribution is 0.102. The highest BCUT2D eigenvalue weighted by Gasteiger charge is 2.09. The second-order valence-corrected chi connectivity index (χ2v) is 5.47. The number of methoxy groups -OCH3 is 1. The van der Waals surface area contributed by atoms with Crippen LogP contribution >= 0.6 is 0 Å². The number of carbonyl (C=O) groups is 2. The normalized spacial score (nSPS) is 10.3. The summed E-state index contributed by atoms with van der Waals surface area (Å²) in [6, 6.07) is 13.5. The number of hydrogen-bond acceptors (Lipinski definition) is 6. The van der Waals surface area contributed by atoms with E-state index in [4.69, 9.17) is 9.47 Å². The highest BCUT2D eigenvalue weighted by Crippen LogP contribution is 2.18. The quantitative estimate of drug-likeness (QED) is 0.717. The van der Waals surface area contributed by atoms with Gasteiger partial charge >= 0.3 is 6.09 Å². The van der Waals surface area contributed by atoms with E-state index in [-0.39, 0.29) is 12.5 Å². The average molecular weight is 366 g/mol. The van der Waals surface area contributed by atoms with E-state index in [2.05, 4.69) is 20.6 Å². The lowest BCUT2D eigenvalue weighted by Gasteiger charge is -2.08. The van der Waals surface area contributed by atoms with Crippen LogP contribution in [0.3, 0.4) is 0 Å². The minimum absolute atomic E-state index is 0.284. The highest BCUT2D eigenvalue weighted by molar-refractivity contribution is 6.04. The van der Waals surface area contributed by atoms with Crippen LogP contribution in [0.15, 0.2) is 48.5 Å². The second-order valence-electron chi connectivity index (χ2n) is 5.47. The van der Waals surface area contributed by atoms with Crippen LogP contribution in [0.2, 0.25) is 0 Å². The molecule has 0 radical (unpaired) electrons. The van der Waals surface area contributed by atoms with Gasteiger partial charge < -0.3 is 14.8 Å². The van der Waals surface area contributed by atoms with Crippen molar-refractivity contribution in [2.75, 3.05) is 24.4 Å². The molecule has 2 aromatic heterocycles. The molecule has 0 saturated carbocycles. The molecule has 1 aromatic carbocycles. The lowest BCUT2D eigenvalue weighted by atomic mass is 10.2. The third-order valence-electron chi connectivity index (χ3n) is 3.65. The number of anilines is 2. The summed E-state index contributed by atoms with van der Waals surface area (Å²) in [5.74, 6) is 0.498. The third-order valence-corrected chi connectivity index (χ3v) is 3.65. The Bertz CT molecular complexity index is 973. The van der Waals surface area contributed by atoms with Gasteiger partial charge in [0.05, 0.1) is 13.7 Å². The van der Waals surface area contributed by atoms with Gasteiger partial charge in [0.2, 0.25) is 5.88 Å². The van der Waals surface area contributed by atoms with Crippen LogP contribution in [0, 0.1) is 0 Å². The SMILES string of the molecule is CCOC(=O)Nc1ccc(C(=O)Nc2ccc3ccc(OC)nc3n2)cc1. The number of aromatic nitrogens is 2. The molecule has 27 heavy (non-hydrogen) atoms. The Morgan fingerprint density at radius 2 is 1.70 bits per heavy atom. The molecule has 0 atom stereocenters. The number of amides is 2. The fourth-order valence-corrected chi connectivity index (χ4v) is 2.34. The molecular weight excluding hydrogens is 348 g/mol. The molecule has 0 spiro atoms. The van der Waals surface area contributed by atoms with E-state index in [9.17, 15) is 9.59 Å². The van der Waals surface area contributed by atoms with Gasteiger partial charge in [0.25, 0.3) is 5.91 Å². The van der Waals surface area contributed by atoms with E-state index in [1.807, 2.05) is 12.1 Å². The van der Waals surface area contributed by atoms with Crippen molar-refractivity contribution in [3.63, 3.8) is 0 Å². The number of pyridine rings is 2. The van der Waals surface area contributed by atoms with E-state index in [1.54, 1.807) is 43.3 Å². The molecule has 2 amide bonds. The van der Waals surface area contributed by atoms with E-state index in [1.165, 1.54) is 7.11 Å². The predicted octanol–water partition coefficient (Wildman–Crippen LogP) is 3.46. The van der Waals surface area contributed by atoms with Gasteiger partial charge in [0.1, 0.15) is 5.82 Å². The summed E-state index contributed by atoms with van der Waals surface area (Å²) in [4.78, 5) is 32.4. The van der Waals surface area contributed by atoms with Gasteiger partial charge in [-0.2, -0.15) is 4.98 Å². The van der Waals surface area contributed by atoms with Crippen LogP contribution in [0.25, 0.3) is 11.0 Å². The van der Waals surface area contributed by atoms with E-state index in [0.717, 1.165) is 5.39 Å². The second kappa shape index (κ2) is 8.13. The van der Waals surface area contributed by atoms with E-state index < -0.39 is 6.09 Å². The van der Waals surface area contributed by atoms with Crippen LogP contribution in [0.5, 0.6) is 5.88 Å². The Balaban J connectivity index is 1.71. The lowest BCUT2D eigenvalue weighted by Crippen LogP contribution is -2.15. The summed E-state index contributed by atoms with van der Waals surface area (Å²) >= 11 is 0. The number of hydrogen-bond donors (Lipinski definition) is 2. The first kappa shape index (κ1) is 18.1. The minimum Gasteiger partial charge on any atom is -0.481 e. The van der Waals surface area contributed by atoms with Crippen LogP contribution in [-0.4, -0.2) is 35.7 Å². The molecule has 0 aliphatic heterocycles. The first-order chi connectivity index (χ1) is 13.1. The maximum Gasteiger partial charge on any atom is 0.411 e. The van der Waals surface area contributed by atoms with Crippen molar-refractivity contribution in [2.24, 2.45) is 0 Å². The summed E-state index contributed by atoms with van der Waals surface area (Å²) in [5, 5.41) is 6.13. The van der Waals surface area contributed by atoms with Gasteiger partial charge in [-0.05, 0) is 49.4 Å². The first-order valence-electron chi connectivity index (χ1n) is 8.26. The molecule has 3 aromatic rings. The molecule has 0 aliphatic rings. The van der Waals surface area contributed by atoms with Crippen LogP contribution in [0.4, 0.5) is 16.3 Å². The Morgan fingerprint density at radius 1 is 0.963 bits per heavy atom. The van der Waals surface area contributed by atoms with Crippen LogP contribution in [-0.2, 0) is 4.74 Å². The number of rotatable bonds is 5. The molecule has 0 aliphatic carbocycles. The van der Waals surface area contributed by atoms with Crippen LogP contribution < -0.4 is 15.4 Å². The summed E-state index contributed by atoms with van der Waals surface area (Å²) in [6.45, 7) is 2.01. The summed E-state index contributed by atoms with van der Waals surface area (Å²) in [5.41, 5.74) is 1.43. The topological polar surface area (TPSA) is 102 Å². The number of ether oxygens (including phenoxy) is 2. The minimum atomic E-state index is -0.544. The van der Waals surface area contributed by atoms with Gasteiger partial charge in [-0.15, -0.1) is 0 Å². The molecule has 0 saturated heterocycles. The molecule has 0 fully saturated rings. The summed E-state index contributed by atoms with van der Waals surface area (Å²) < 4.78 is 9.89. The van der Waals surface area contributed by atoms with Crippen molar-refractivity contribution < 1.29 is 19.1 Å². The number of benzene rings is 1.